The van der Waals surface area contributed by atoms with Crippen molar-refractivity contribution in [3.05, 3.63) is 56.5 Å². The van der Waals surface area contributed by atoms with Crippen LogP contribution < -0.4 is 15.6 Å². The van der Waals surface area contributed by atoms with Crippen LogP contribution >= 0.6 is 11.6 Å². The summed E-state index contributed by atoms with van der Waals surface area (Å²) in [6.45, 7) is 3.47. The van der Waals surface area contributed by atoms with Crippen LogP contribution in [0.4, 0.5) is 5.69 Å². The molecule has 110 valence electrons. The molecule has 1 aromatic carbocycles. The second kappa shape index (κ2) is 6.01. The minimum absolute atomic E-state index is 0.0719. The summed E-state index contributed by atoms with van der Waals surface area (Å²) < 4.78 is 5.16. The Morgan fingerprint density at radius 2 is 2.00 bits per heavy atom. The first-order chi connectivity index (χ1) is 9.92. The molecular weight excluding hydrogens is 292 g/mol. The first kappa shape index (κ1) is 15.1. The molecule has 0 fully saturated rings. The molecule has 2 rings (SSSR count). The quantitative estimate of drug-likeness (QED) is 0.916. The highest BCUT2D eigenvalue weighted by Crippen LogP contribution is 2.28. The van der Waals surface area contributed by atoms with E-state index in [-0.39, 0.29) is 5.56 Å². The van der Waals surface area contributed by atoms with E-state index in [1.807, 2.05) is 0 Å². The van der Waals surface area contributed by atoms with Gasteiger partial charge in [0, 0.05) is 10.7 Å². The molecule has 1 amide bonds. The number of benzene rings is 1. The van der Waals surface area contributed by atoms with Gasteiger partial charge in [0.1, 0.15) is 11.3 Å². The Morgan fingerprint density at radius 1 is 1.29 bits per heavy atom. The van der Waals surface area contributed by atoms with Gasteiger partial charge in [-0.3, -0.25) is 9.59 Å². The first-order valence-electron chi connectivity index (χ1n) is 6.27. The van der Waals surface area contributed by atoms with E-state index in [9.17, 15) is 9.59 Å². The van der Waals surface area contributed by atoms with E-state index in [0.717, 1.165) is 0 Å². The molecule has 0 aliphatic heterocycles. The minimum atomic E-state index is -0.505. The maximum absolute atomic E-state index is 12.3. The highest BCUT2D eigenvalue weighted by atomic mass is 35.5. The zero-order chi connectivity index (χ0) is 15.6. The van der Waals surface area contributed by atoms with Gasteiger partial charge < -0.3 is 15.0 Å². The second-order valence-electron chi connectivity index (χ2n) is 4.64. The van der Waals surface area contributed by atoms with E-state index >= 15 is 0 Å². The van der Waals surface area contributed by atoms with Gasteiger partial charge in [0.25, 0.3) is 11.5 Å². The van der Waals surface area contributed by atoms with Crippen molar-refractivity contribution in [3.63, 3.8) is 0 Å². The lowest BCUT2D eigenvalue weighted by atomic mass is 10.1. The number of hydrogen-bond acceptors (Lipinski definition) is 3. The second-order valence-corrected chi connectivity index (χ2v) is 5.07. The number of anilines is 1. The van der Waals surface area contributed by atoms with E-state index in [1.54, 1.807) is 38.1 Å². The summed E-state index contributed by atoms with van der Waals surface area (Å²) in [5.74, 6) is -0.0386. The molecule has 1 heterocycles. The Morgan fingerprint density at radius 3 is 2.62 bits per heavy atom. The molecule has 5 nitrogen and oxygen atoms in total. The normalized spacial score (nSPS) is 10.3. The van der Waals surface area contributed by atoms with Crippen molar-refractivity contribution >= 4 is 23.2 Å². The lowest BCUT2D eigenvalue weighted by Gasteiger charge is -2.11. The lowest BCUT2D eigenvalue weighted by molar-refractivity contribution is 0.102. The van der Waals surface area contributed by atoms with Crippen LogP contribution in [0.5, 0.6) is 5.75 Å². The molecule has 21 heavy (non-hydrogen) atoms. The average molecular weight is 307 g/mol. The molecule has 0 unspecified atom stereocenters. The number of nitrogens with one attached hydrogen (secondary N) is 2. The molecular formula is C15H15ClN2O3. The third-order valence-electron chi connectivity index (χ3n) is 3.00. The average Bonchev–Trinajstić information content (AvgIpc) is 2.37. The fourth-order valence-electron chi connectivity index (χ4n) is 2.10. The Bertz CT molecular complexity index is 753. The van der Waals surface area contributed by atoms with Crippen molar-refractivity contribution < 1.29 is 9.53 Å². The summed E-state index contributed by atoms with van der Waals surface area (Å²) in [4.78, 5) is 26.9. The zero-order valence-electron chi connectivity index (χ0n) is 11.9. The molecule has 0 aliphatic carbocycles. The number of carbonyl (C=O) groups is 1. The predicted octanol–water partition coefficient (Wildman–Crippen LogP) is 2.91. The van der Waals surface area contributed by atoms with Crippen LogP contribution in [0.15, 0.2) is 29.1 Å². The molecule has 2 aromatic rings. The van der Waals surface area contributed by atoms with Gasteiger partial charge in [-0.15, -0.1) is 0 Å². The van der Waals surface area contributed by atoms with Crippen molar-refractivity contribution in [1.82, 2.24) is 4.98 Å². The van der Waals surface area contributed by atoms with E-state index in [2.05, 4.69) is 10.3 Å². The Balaban J connectivity index is 2.39. The van der Waals surface area contributed by atoms with E-state index in [4.69, 9.17) is 16.3 Å². The van der Waals surface area contributed by atoms with Gasteiger partial charge in [0.2, 0.25) is 0 Å². The number of hydrogen-bond donors (Lipinski definition) is 2. The van der Waals surface area contributed by atoms with Crippen LogP contribution in [0, 0.1) is 13.8 Å². The largest absolute Gasteiger partial charge is 0.495 e. The molecule has 0 saturated carbocycles. The molecule has 0 aliphatic rings. The molecule has 0 radical (unpaired) electrons. The summed E-state index contributed by atoms with van der Waals surface area (Å²) in [5.41, 5.74) is 1.37. The van der Waals surface area contributed by atoms with Crippen LogP contribution in [-0.4, -0.2) is 18.0 Å². The first-order valence-corrected chi connectivity index (χ1v) is 6.65. The van der Waals surface area contributed by atoms with Crippen molar-refractivity contribution in [3.8, 4) is 5.75 Å². The minimum Gasteiger partial charge on any atom is -0.495 e. The van der Waals surface area contributed by atoms with Gasteiger partial charge in [0.15, 0.2) is 0 Å². The van der Waals surface area contributed by atoms with Crippen LogP contribution in [-0.2, 0) is 0 Å². The summed E-state index contributed by atoms with van der Waals surface area (Å²) in [7, 11) is 1.49. The smallest absolute Gasteiger partial charge is 0.261 e. The molecule has 0 atom stereocenters. The summed E-state index contributed by atoms with van der Waals surface area (Å²) >= 11 is 5.91. The van der Waals surface area contributed by atoms with Gasteiger partial charge in [0.05, 0.1) is 12.8 Å². The molecule has 0 saturated heterocycles. The fraction of sp³-hybridized carbons (Fsp3) is 0.200. The number of ether oxygens (including phenoxy) is 1. The van der Waals surface area contributed by atoms with Crippen LogP contribution in [0.2, 0.25) is 5.02 Å². The highest BCUT2D eigenvalue weighted by Gasteiger charge is 2.16. The SMILES string of the molecule is COc1ccc(Cl)cc1NC(=O)c1c(C)cc(C)[nH]c1=O. The van der Waals surface area contributed by atoms with Gasteiger partial charge in [-0.1, -0.05) is 11.6 Å². The lowest BCUT2D eigenvalue weighted by Crippen LogP contribution is -2.25. The fourth-order valence-corrected chi connectivity index (χ4v) is 2.27. The Hall–Kier alpha value is -2.27. The van der Waals surface area contributed by atoms with Crippen molar-refractivity contribution in [1.29, 1.82) is 0 Å². The number of rotatable bonds is 3. The molecule has 2 N–H and O–H groups in total. The zero-order valence-corrected chi connectivity index (χ0v) is 12.7. The van der Waals surface area contributed by atoms with Crippen LogP contribution in [0.1, 0.15) is 21.6 Å². The number of halogens is 1. The predicted molar refractivity (Wildman–Crippen MR) is 82.5 cm³/mol. The number of carbonyl (C=O) groups excluding carboxylic acids is 1. The maximum atomic E-state index is 12.3. The van der Waals surface area contributed by atoms with Gasteiger partial charge in [-0.2, -0.15) is 0 Å². The summed E-state index contributed by atoms with van der Waals surface area (Å²) in [6.07, 6.45) is 0. The van der Waals surface area contributed by atoms with Gasteiger partial charge >= 0.3 is 0 Å². The topological polar surface area (TPSA) is 71.2 Å². The highest BCUT2D eigenvalue weighted by molar-refractivity contribution is 6.31. The Kier molecular flexibility index (Phi) is 4.33. The van der Waals surface area contributed by atoms with Gasteiger partial charge in [-0.05, 0) is 43.7 Å². The van der Waals surface area contributed by atoms with Crippen molar-refractivity contribution in [2.24, 2.45) is 0 Å². The maximum Gasteiger partial charge on any atom is 0.261 e. The van der Waals surface area contributed by atoms with Crippen molar-refractivity contribution in [2.45, 2.75) is 13.8 Å². The molecule has 6 heteroatoms. The third kappa shape index (κ3) is 3.25. The molecule has 0 spiro atoms. The number of aromatic nitrogens is 1. The summed E-state index contributed by atoms with van der Waals surface area (Å²) in [6, 6.07) is 6.60. The van der Waals surface area contributed by atoms with Crippen molar-refractivity contribution in [2.75, 3.05) is 12.4 Å². The standard InChI is InChI=1S/C15H15ClN2O3/c1-8-6-9(2)17-14(19)13(8)15(20)18-11-7-10(16)4-5-12(11)21-3/h4-7H,1-3H3,(H,17,19)(H,18,20). The van der Waals surface area contributed by atoms with Crippen LogP contribution in [0.25, 0.3) is 0 Å². The van der Waals surface area contributed by atoms with Crippen LogP contribution in [0.3, 0.4) is 0 Å². The summed E-state index contributed by atoms with van der Waals surface area (Å²) in [5, 5.41) is 3.11. The number of aryl methyl sites for hydroxylation is 2. The number of aromatic amines is 1. The van der Waals surface area contributed by atoms with E-state index < -0.39 is 11.5 Å². The molecule has 0 bridgehead atoms. The van der Waals surface area contributed by atoms with E-state index in [1.165, 1.54) is 7.11 Å². The number of H-pyrrole nitrogens is 1. The van der Waals surface area contributed by atoms with E-state index in [0.29, 0.717) is 27.7 Å². The number of methoxy groups -OCH3 is 1. The van der Waals surface area contributed by atoms with Gasteiger partial charge in [-0.25, -0.2) is 0 Å². The Labute approximate surface area is 126 Å². The number of pyridine rings is 1. The molecule has 1 aromatic heterocycles. The number of amides is 1. The third-order valence-corrected chi connectivity index (χ3v) is 3.24. The monoisotopic (exact) mass is 306 g/mol.